The number of rotatable bonds is 6. The highest BCUT2D eigenvalue weighted by Crippen LogP contribution is 2.32. The average molecular weight is 431 g/mol. The third-order valence-electron chi connectivity index (χ3n) is 4.28. The summed E-state index contributed by atoms with van der Waals surface area (Å²) in [5.74, 6) is -0.130. The molecule has 4 rings (SSSR count). The first-order valence-corrected chi connectivity index (χ1v) is 10.5. The maximum absolute atomic E-state index is 12.0. The fourth-order valence-electron chi connectivity index (χ4n) is 2.78. The van der Waals surface area contributed by atoms with Gasteiger partial charge < -0.3 is 25.2 Å². The van der Waals surface area contributed by atoms with E-state index in [9.17, 15) is 14.7 Å². The molecule has 2 aromatic heterocycles. The summed E-state index contributed by atoms with van der Waals surface area (Å²) in [5, 5.41) is 17.4. The van der Waals surface area contributed by atoms with Crippen molar-refractivity contribution in [1.29, 1.82) is 0 Å². The number of nitrogens with one attached hydrogen (secondary N) is 2. The molecule has 0 bridgehead atoms. The first-order chi connectivity index (χ1) is 14.1. The minimum atomic E-state index is -0.710. The lowest BCUT2D eigenvalue weighted by atomic mass is 10.2. The van der Waals surface area contributed by atoms with Crippen molar-refractivity contribution in [2.24, 2.45) is 0 Å². The summed E-state index contributed by atoms with van der Waals surface area (Å²) in [4.78, 5) is 26.6. The van der Waals surface area contributed by atoms with Gasteiger partial charge in [0.25, 0.3) is 0 Å². The highest BCUT2D eigenvalue weighted by atomic mass is 32.1. The van der Waals surface area contributed by atoms with Crippen molar-refractivity contribution in [2.45, 2.75) is 19.2 Å². The van der Waals surface area contributed by atoms with E-state index >= 15 is 0 Å². The molecule has 3 aromatic rings. The van der Waals surface area contributed by atoms with Crippen molar-refractivity contribution >= 4 is 34.5 Å². The lowest BCUT2D eigenvalue weighted by molar-refractivity contribution is -0.139. The lowest BCUT2D eigenvalue weighted by Crippen LogP contribution is -2.39. The van der Waals surface area contributed by atoms with E-state index in [0.717, 1.165) is 20.2 Å². The molecule has 3 heterocycles. The number of benzene rings is 1. The minimum absolute atomic E-state index is 0.183. The van der Waals surface area contributed by atoms with Gasteiger partial charge in [0, 0.05) is 21.2 Å². The van der Waals surface area contributed by atoms with Crippen LogP contribution in [0.1, 0.15) is 26.3 Å². The van der Waals surface area contributed by atoms with E-state index in [-0.39, 0.29) is 19.9 Å². The van der Waals surface area contributed by atoms with Gasteiger partial charge in [0.05, 0.1) is 6.54 Å². The van der Waals surface area contributed by atoms with Crippen LogP contribution < -0.4 is 20.1 Å². The van der Waals surface area contributed by atoms with Crippen molar-refractivity contribution in [3.05, 3.63) is 68.0 Å². The van der Waals surface area contributed by atoms with E-state index in [1.165, 1.54) is 22.7 Å². The van der Waals surface area contributed by atoms with Gasteiger partial charge in [0.15, 0.2) is 11.5 Å². The largest absolute Gasteiger partial charge is 0.454 e. The molecule has 1 atom stereocenters. The highest BCUT2D eigenvalue weighted by Gasteiger charge is 2.17. The van der Waals surface area contributed by atoms with Gasteiger partial charge in [0.1, 0.15) is 6.10 Å². The van der Waals surface area contributed by atoms with Gasteiger partial charge in [-0.05, 0) is 41.3 Å². The number of aliphatic hydroxyl groups excluding tert-OH is 1. The van der Waals surface area contributed by atoms with Gasteiger partial charge in [0.2, 0.25) is 6.79 Å². The van der Waals surface area contributed by atoms with E-state index in [0.29, 0.717) is 11.5 Å². The number of ether oxygens (including phenoxy) is 2. The van der Waals surface area contributed by atoms with E-state index in [1.54, 1.807) is 18.2 Å². The van der Waals surface area contributed by atoms with Crippen LogP contribution >= 0.6 is 22.7 Å². The Hall–Kier alpha value is -2.88. The Kier molecular flexibility index (Phi) is 5.79. The predicted octanol–water partition coefficient (Wildman–Crippen LogP) is 2.55. The minimum Gasteiger partial charge on any atom is -0.454 e. The second kappa shape index (κ2) is 8.64. The second-order valence-electron chi connectivity index (χ2n) is 6.28. The summed E-state index contributed by atoms with van der Waals surface area (Å²) < 4.78 is 10.5. The molecule has 0 radical (unpaired) electrons. The fraction of sp³-hybridized carbons (Fsp3) is 0.200. The number of thiophene rings is 2. The third kappa shape index (κ3) is 4.58. The molecular formula is C20H18N2O5S2. The van der Waals surface area contributed by atoms with Crippen LogP contribution in [-0.4, -0.2) is 23.7 Å². The molecule has 9 heteroatoms. The van der Waals surface area contributed by atoms with Crippen LogP contribution in [0.4, 0.5) is 0 Å². The fourth-order valence-corrected chi connectivity index (χ4v) is 4.54. The van der Waals surface area contributed by atoms with Gasteiger partial charge in [-0.3, -0.25) is 9.59 Å². The van der Waals surface area contributed by atoms with E-state index in [2.05, 4.69) is 10.6 Å². The second-order valence-corrected chi connectivity index (χ2v) is 8.45. The molecule has 0 unspecified atom stereocenters. The normalized spacial score (nSPS) is 13.1. The monoisotopic (exact) mass is 430 g/mol. The van der Waals surface area contributed by atoms with E-state index in [4.69, 9.17) is 9.47 Å². The Labute approximate surface area is 174 Å². The van der Waals surface area contributed by atoms with E-state index in [1.807, 2.05) is 29.6 Å². The lowest BCUT2D eigenvalue weighted by Gasteiger charge is -2.07. The molecule has 0 fully saturated rings. The first-order valence-electron chi connectivity index (χ1n) is 8.85. The number of carbonyl (C=O) groups is 2. The van der Waals surface area contributed by atoms with Crippen molar-refractivity contribution < 1.29 is 24.2 Å². The number of amides is 2. The quantitative estimate of drug-likeness (QED) is 0.522. The molecule has 0 saturated carbocycles. The molecule has 0 saturated heterocycles. The Morgan fingerprint density at radius 3 is 2.59 bits per heavy atom. The van der Waals surface area contributed by atoms with Crippen LogP contribution in [0.5, 0.6) is 11.5 Å². The summed E-state index contributed by atoms with van der Waals surface area (Å²) in [7, 11) is 0. The molecule has 1 aromatic carbocycles. The smallest absolute Gasteiger partial charge is 0.309 e. The van der Waals surface area contributed by atoms with Crippen molar-refractivity contribution in [3.8, 4) is 11.5 Å². The maximum atomic E-state index is 12.0. The molecule has 1 aliphatic rings. The Morgan fingerprint density at radius 1 is 1.00 bits per heavy atom. The molecular weight excluding hydrogens is 412 g/mol. The maximum Gasteiger partial charge on any atom is 0.309 e. The summed E-state index contributed by atoms with van der Waals surface area (Å²) >= 11 is 2.89. The van der Waals surface area contributed by atoms with Crippen LogP contribution in [0.2, 0.25) is 0 Å². The van der Waals surface area contributed by atoms with Crippen LogP contribution in [0.25, 0.3) is 0 Å². The van der Waals surface area contributed by atoms with E-state index < -0.39 is 17.9 Å². The Balaban J connectivity index is 1.26. The number of fused-ring (bicyclic) bond motifs is 1. The molecule has 2 amide bonds. The summed E-state index contributed by atoms with van der Waals surface area (Å²) in [6.07, 6.45) is -0.672. The third-order valence-corrected chi connectivity index (χ3v) is 6.35. The summed E-state index contributed by atoms with van der Waals surface area (Å²) in [6, 6.07) is 12.8. The molecule has 150 valence electrons. The van der Waals surface area contributed by atoms with Gasteiger partial charge >= 0.3 is 11.8 Å². The molecule has 7 nitrogen and oxygen atoms in total. The number of hydrogen-bond acceptors (Lipinski definition) is 7. The van der Waals surface area contributed by atoms with Crippen LogP contribution in [0.15, 0.2) is 47.8 Å². The zero-order valence-electron chi connectivity index (χ0n) is 15.2. The number of carbonyl (C=O) groups excluding carboxylic acids is 2. The van der Waals surface area contributed by atoms with Crippen LogP contribution in [0.3, 0.4) is 0 Å². The first kappa shape index (κ1) is 19.4. The zero-order valence-corrected chi connectivity index (χ0v) is 16.8. The Bertz CT molecular complexity index is 1020. The van der Waals surface area contributed by atoms with Gasteiger partial charge in [-0.2, -0.15) is 0 Å². The Morgan fingerprint density at radius 2 is 1.79 bits per heavy atom. The number of hydrogen-bond donors (Lipinski definition) is 3. The highest BCUT2D eigenvalue weighted by molar-refractivity contribution is 7.12. The summed E-state index contributed by atoms with van der Waals surface area (Å²) in [6.45, 7) is 0.611. The van der Waals surface area contributed by atoms with Crippen molar-refractivity contribution in [3.63, 3.8) is 0 Å². The zero-order chi connectivity index (χ0) is 20.2. The molecule has 0 spiro atoms. The summed E-state index contributed by atoms with van der Waals surface area (Å²) in [5.41, 5.74) is 0.806. The molecule has 1 aliphatic heterocycles. The van der Waals surface area contributed by atoms with Crippen LogP contribution in [0, 0.1) is 0 Å². The van der Waals surface area contributed by atoms with Gasteiger partial charge in [-0.25, -0.2) is 0 Å². The molecule has 29 heavy (non-hydrogen) atoms. The van der Waals surface area contributed by atoms with Gasteiger partial charge in [-0.1, -0.05) is 12.1 Å². The van der Waals surface area contributed by atoms with Crippen LogP contribution in [-0.2, 0) is 22.7 Å². The van der Waals surface area contributed by atoms with Crippen molar-refractivity contribution in [1.82, 2.24) is 10.6 Å². The SMILES string of the molecule is O=C(NCc1ccc2c(c1)OCO2)C(=O)NCc1ccc([C@H](O)c2cccs2)s1. The molecule has 3 N–H and O–H groups in total. The van der Waals surface area contributed by atoms with Crippen molar-refractivity contribution in [2.75, 3.05) is 6.79 Å². The predicted molar refractivity (Wildman–Crippen MR) is 109 cm³/mol. The number of aliphatic hydroxyl groups is 1. The standard InChI is InChI=1S/C20H18N2O5S2/c23-18(16-2-1-7-28-16)17-6-4-13(29-17)10-22-20(25)19(24)21-9-12-3-5-14-15(8-12)27-11-26-14/h1-8,18,23H,9-11H2,(H,21,24)(H,22,25)/t18-/m1/s1. The molecule has 0 aliphatic carbocycles. The topological polar surface area (TPSA) is 96.9 Å². The average Bonchev–Trinajstić information content (AvgIpc) is 3.50. The van der Waals surface area contributed by atoms with Gasteiger partial charge in [-0.15, -0.1) is 22.7 Å².